The van der Waals surface area contributed by atoms with Crippen molar-refractivity contribution in [2.24, 2.45) is 0 Å². The molecule has 0 aliphatic carbocycles. The summed E-state index contributed by atoms with van der Waals surface area (Å²) in [6.07, 6.45) is 0. The van der Waals surface area contributed by atoms with Gasteiger partial charge in [-0.3, -0.25) is 4.79 Å². The maximum atomic E-state index is 13.1. The molecular formula is C20H15Br2NO4S. The highest BCUT2D eigenvalue weighted by Gasteiger charge is 2.31. The van der Waals surface area contributed by atoms with Gasteiger partial charge in [-0.25, -0.2) is 8.42 Å². The number of sulfonamides is 1. The molecule has 0 spiro atoms. The van der Waals surface area contributed by atoms with E-state index in [0.717, 1.165) is 8.78 Å². The first-order chi connectivity index (χ1) is 13.4. The highest BCUT2D eigenvalue weighted by Crippen LogP contribution is 2.29. The van der Waals surface area contributed by atoms with Crippen LogP contribution in [0.25, 0.3) is 0 Å². The fraction of sp³-hybridized carbons (Fsp3) is 0.0500. The van der Waals surface area contributed by atoms with E-state index in [2.05, 4.69) is 31.9 Å². The van der Waals surface area contributed by atoms with Crippen LogP contribution < -0.4 is 9.04 Å². The van der Waals surface area contributed by atoms with Gasteiger partial charge >= 0.3 is 0 Å². The molecule has 0 saturated heterocycles. The summed E-state index contributed by atoms with van der Waals surface area (Å²) >= 11 is 6.70. The van der Waals surface area contributed by atoms with Crippen molar-refractivity contribution in [1.82, 2.24) is 0 Å². The van der Waals surface area contributed by atoms with Crippen molar-refractivity contribution in [1.29, 1.82) is 0 Å². The van der Waals surface area contributed by atoms with Crippen LogP contribution in [0.4, 0.5) is 5.69 Å². The fourth-order valence-electron chi connectivity index (χ4n) is 2.47. The maximum absolute atomic E-state index is 13.1. The second-order valence-corrected chi connectivity index (χ2v) is 9.23. The molecule has 0 unspecified atom stereocenters. The first-order valence-electron chi connectivity index (χ1n) is 8.16. The molecule has 3 aromatic rings. The van der Waals surface area contributed by atoms with Crippen LogP contribution in [0.15, 0.2) is 92.7 Å². The Morgan fingerprint density at radius 1 is 0.893 bits per heavy atom. The lowest BCUT2D eigenvalue weighted by Gasteiger charge is -2.23. The lowest BCUT2D eigenvalue weighted by Crippen LogP contribution is -2.40. The van der Waals surface area contributed by atoms with E-state index in [9.17, 15) is 13.2 Å². The van der Waals surface area contributed by atoms with Crippen LogP contribution in [0, 0.1) is 0 Å². The van der Waals surface area contributed by atoms with E-state index >= 15 is 0 Å². The molecule has 144 valence electrons. The molecule has 3 rings (SSSR count). The van der Waals surface area contributed by atoms with E-state index in [1.54, 1.807) is 66.7 Å². The van der Waals surface area contributed by atoms with Crippen molar-refractivity contribution in [3.05, 3.63) is 87.8 Å². The van der Waals surface area contributed by atoms with Crippen LogP contribution in [0.5, 0.6) is 5.75 Å². The largest absolute Gasteiger partial charge is 0.483 e. The van der Waals surface area contributed by atoms with Gasteiger partial charge in [-0.2, -0.15) is 4.31 Å². The Balaban J connectivity index is 1.92. The van der Waals surface area contributed by atoms with Crippen LogP contribution in [0.3, 0.4) is 0 Å². The third-order valence-corrected chi connectivity index (χ3v) is 6.62. The number of carbonyl (C=O) groups excluding carboxylic acids is 1. The van der Waals surface area contributed by atoms with Crippen molar-refractivity contribution in [2.75, 3.05) is 10.9 Å². The van der Waals surface area contributed by atoms with Gasteiger partial charge in [0, 0.05) is 4.47 Å². The minimum absolute atomic E-state index is 0.0250. The molecule has 8 heteroatoms. The Labute approximate surface area is 180 Å². The fourth-order valence-corrected chi connectivity index (χ4v) is 5.06. The molecule has 28 heavy (non-hydrogen) atoms. The standard InChI is InChI=1S/C20H15Br2NO4S/c21-15-11-12-19(18(22)13-15)27-14-20(24)23(16-7-3-1-4-8-16)28(25,26)17-9-5-2-6-10-17/h1-13H,14H2. The number of benzene rings is 3. The third kappa shape index (κ3) is 4.63. The first-order valence-corrected chi connectivity index (χ1v) is 11.2. The van der Waals surface area contributed by atoms with Gasteiger partial charge in [-0.15, -0.1) is 0 Å². The van der Waals surface area contributed by atoms with Crippen molar-refractivity contribution in [3.8, 4) is 5.75 Å². The van der Waals surface area contributed by atoms with Gasteiger partial charge < -0.3 is 4.74 Å². The minimum atomic E-state index is -4.09. The van der Waals surface area contributed by atoms with Crippen molar-refractivity contribution >= 4 is 53.5 Å². The first kappa shape index (κ1) is 20.6. The summed E-state index contributed by atoms with van der Waals surface area (Å²) in [4.78, 5) is 12.9. The van der Waals surface area contributed by atoms with Crippen molar-refractivity contribution < 1.29 is 17.9 Å². The average Bonchev–Trinajstić information content (AvgIpc) is 2.69. The molecule has 0 bridgehead atoms. The monoisotopic (exact) mass is 523 g/mol. The topological polar surface area (TPSA) is 63.7 Å². The summed E-state index contributed by atoms with van der Waals surface area (Å²) in [6, 6.07) is 21.3. The van der Waals surface area contributed by atoms with E-state index in [4.69, 9.17) is 4.74 Å². The maximum Gasteiger partial charge on any atom is 0.278 e. The molecule has 0 aromatic heterocycles. The molecule has 0 heterocycles. The predicted molar refractivity (Wildman–Crippen MR) is 115 cm³/mol. The van der Waals surface area contributed by atoms with Gasteiger partial charge in [0.15, 0.2) is 6.61 Å². The lowest BCUT2D eigenvalue weighted by molar-refractivity contribution is -0.119. The Morgan fingerprint density at radius 3 is 2.11 bits per heavy atom. The van der Waals surface area contributed by atoms with Crippen molar-refractivity contribution in [3.63, 3.8) is 0 Å². The number of carbonyl (C=O) groups is 1. The number of hydrogen-bond acceptors (Lipinski definition) is 4. The van der Waals surface area contributed by atoms with Crippen LogP contribution in [-0.4, -0.2) is 20.9 Å². The molecule has 0 N–H and O–H groups in total. The molecule has 0 aliphatic rings. The van der Waals surface area contributed by atoms with Gasteiger partial charge in [0.1, 0.15) is 5.75 Å². The summed E-state index contributed by atoms with van der Waals surface area (Å²) in [6.45, 7) is -0.443. The number of halogens is 2. The Bertz CT molecular complexity index is 1070. The molecule has 3 aromatic carbocycles. The minimum Gasteiger partial charge on any atom is -0.483 e. The Morgan fingerprint density at radius 2 is 1.50 bits per heavy atom. The summed E-state index contributed by atoms with van der Waals surface area (Å²) in [5.74, 6) is -0.272. The number of ether oxygens (including phenoxy) is 1. The Hall–Kier alpha value is -2.16. The molecule has 0 fully saturated rings. The quantitative estimate of drug-likeness (QED) is 0.454. The van der Waals surface area contributed by atoms with Crippen LogP contribution in [0.1, 0.15) is 0 Å². The van der Waals surface area contributed by atoms with E-state index in [1.807, 2.05) is 0 Å². The average molecular weight is 525 g/mol. The van der Waals surface area contributed by atoms with Gasteiger partial charge in [-0.1, -0.05) is 52.3 Å². The summed E-state index contributed by atoms with van der Waals surface area (Å²) < 4.78 is 34.1. The summed E-state index contributed by atoms with van der Waals surface area (Å²) in [7, 11) is -4.09. The Kier molecular flexibility index (Phi) is 6.53. The van der Waals surface area contributed by atoms with E-state index in [1.165, 1.54) is 12.1 Å². The molecule has 1 amide bonds. The molecule has 0 radical (unpaired) electrons. The second kappa shape index (κ2) is 8.89. The number of nitrogens with zero attached hydrogens (tertiary/aromatic N) is 1. The lowest BCUT2D eigenvalue weighted by atomic mass is 10.3. The van der Waals surface area contributed by atoms with Gasteiger partial charge in [0.25, 0.3) is 15.9 Å². The van der Waals surface area contributed by atoms with E-state index in [-0.39, 0.29) is 10.6 Å². The zero-order chi connectivity index (χ0) is 20.1. The zero-order valence-electron chi connectivity index (χ0n) is 14.5. The third-order valence-electron chi connectivity index (χ3n) is 3.74. The number of anilines is 1. The van der Waals surface area contributed by atoms with Gasteiger partial charge in [0.2, 0.25) is 0 Å². The number of amides is 1. The molecular weight excluding hydrogens is 510 g/mol. The second-order valence-electron chi connectivity index (χ2n) is 5.68. The summed E-state index contributed by atoms with van der Waals surface area (Å²) in [5.41, 5.74) is 0.245. The van der Waals surface area contributed by atoms with Crippen LogP contribution >= 0.6 is 31.9 Å². The molecule has 0 saturated carbocycles. The number of rotatable bonds is 6. The molecule has 0 aliphatic heterocycles. The predicted octanol–water partition coefficient (Wildman–Crippen LogP) is 5.01. The number of hydrogen-bond donors (Lipinski definition) is 0. The van der Waals surface area contributed by atoms with E-state index in [0.29, 0.717) is 10.2 Å². The van der Waals surface area contributed by atoms with Crippen LogP contribution in [-0.2, 0) is 14.8 Å². The van der Waals surface area contributed by atoms with E-state index < -0.39 is 22.5 Å². The van der Waals surface area contributed by atoms with Crippen LogP contribution in [0.2, 0.25) is 0 Å². The van der Waals surface area contributed by atoms with Gasteiger partial charge in [0.05, 0.1) is 15.1 Å². The zero-order valence-corrected chi connectivity index (χ0v) is 18.4. The summed E-state index contributed by atoms with van der Waals surface area (Å²) in [5, 5.41) is 0. The highest BCUT2D eigenvalue weighted by molar-refractivity contribution is 9.11. The SMILES string of the molecule is O=C(COc1ccc(Br)cc1Br)N(c1ccccc1)S(=O)(=O)c1ccccc1. The van der Waals surface area contributed by atoms with Gasteiger partial charge in [-0.05, 0) is 58.4 Å². The number of para-hydroxylation sites is 1. The molecule has 0 atom stereocenters. The molecule has 5 nitrogen and oxygen atoms in total. The van der Waals surface area contributed by atoms with Crippen molar-refractivity contribution in [2.45, 2.75) is 4.90 Å². The smallest absolute Gasteiger partial charge is 0.278 e. The normalized spacial score (nSPS) is 11.1. The highest BCUT2D eigenvalue weighted by atomic mass is 79.9.